The van der Waals surface area contributed by atoms with Gasteiger partial charge in [0, 0.05) is 71.6 Å². The molecule has 6 nitrogen and oxygen atoms in total. The highest BCUT2D eigenvalue weighted by Crippen LogP contribution is 2.31. The average Bonchev–Trinajstić information content (AvgIpc) is 3.26. The van der Waals surface area contributed by atoms with Crippen molar-refractivity contribution in [2.75, 3.05) is 78.0 Å². The Morgan fingerprint density at radius 1 is 1.26 bits per heavy atom. The summed E-state index contributed by atoms with van der Waals surface area (Å²) in [6.07, 6.45) is -2.21. The fourth-order valence-electron chi connectivity index (χ4n) is 4.20. The molecule has 0 aliphatic carbocycles. The van der Waals surface area contributed by atoms with Crippen LogP contribution in [0.2, 0.25) is 0 Å². The zero-order chi connectivity index (χ0) is 22.3. The van der Waals surface area contributed by atoms with Gasteiger partial charge in [0.2, 0.25) is 0 Å². The number of nitrogens with one attached hydrogen (secondary N) is 1. The van der Waals surface area contributed by atoms with Crippen LogP contribution in [0.1, 0.15) is 18.4 Å². The number of halogens is 3. The van der Waals surface area contributed by atoms with Crippen LogP contribution in [-0.4, -0.2) is 88.9 Å². The third-order valence-electron chi connectivity index (χ3n) is 5.97. The van der Waals surface area contributed by atoms with Crippen LogP contribution in [0.25, 0.3) is 0 Å². The molecule has 3 rings (SSSR count). The fourth-order valence-corrected chi connectivity index (χ4v) is 4.20. The maximum atomic E-state index is 13.0. The Morgan fingerprint density at radius 3 is 2.68 bits per heavy atom. The van der Waals surface area contributed by atoms with Crippen LogP contribution in [0.4, 0.5) is 18.9 Å². The molecule has 31 heavy (non-hydrogen) atoms. The van der Waals surface area contributed by atoms with E-state index >= 15 is 0 Å². The zero-order valence-electron chi connectivity index (χ0n) is 18.5. The summed E-state index contributed by atoms with van der Waals surface area (Å²) in [4.78, 5) is 10.9. The van der Waals surface area contributed by atoms with Crippen LogP contribution < -0.4 is 10.2 Å². The largest absolute Gasteiger partial charge is 0.416 e. The van der Waals surface area contributed by atoms with Crippen molar-refractivity contribution in [2.24, 2.45) is 10.9 Å². The second-order valence-corrected chi connectivity index (χ2v) is 8.31. The van der Waals surface area contributed by atoms with Gasteiger partial charge in [-0.1, -0.05) is 6.07 Å². The molecule has 2 fully saturated rings. The predicted octanol–water partition coefficient (Wildman–Crippen LogP) is 2.76. The van der Waals surface area contributed by atoms with Crippen LogP contribution in [0.15, 0.2) is 29.3 Å². The Bertz CT molecular complexity index is 713. The Hall–Kier alpha value is -2.00. The number of rotatable bonds is 7. The van der Waals surface area contributed by atoms with Gasteiger partial charge in [0.05, 0.1) is 12.2 Å². The highest BCUT2D eigenvalue weighted by atomic mass is 19.4. The topological polar surface area (TPSA) is 43.3 Å². The van der Waals surface area contributed by atoms with Crippen molar-refractivity contribution in [2.45, 2.75) is 19.0 Å². The van der Waals surface area contributed by atoms with Gasteiger partial charge in [-0.05, 0) is 37.6 Å². The van der Waals surface area contributed by atoms with E-state index in [4.69, 9.17) is 4.74 Å². The van der Waals surface area contributed by atoms with Crippen LogP contribution in [0, 0.1) is 5.92 Å². The first kappa shape index (κ1) is 23.7. The third-order valence-corrected chi connectivity index (χ3v) is 5.97. The molecule has 2 heterocycles. The smallest absolute Gasteiger partial charge is 0.381 e. The van der Waals surface area contributed by atoms with Gasteiger partial charge in [0.1, 0.15) is 0 Å². The Kier molecular flexibility index (Phi) is 8.43. The molecule has 0 bridgehead atoms. The molecular weight excluding hydrogens is 407 g/mol. The summed E-state index contributed by atoms with van der Waals surface area (Å²) in [6.45, 7) is 7.60. The molecule has 1 atom stereocenters. The number of anilines is 1. The molecule has 2 saturated heterocycles. The van der Waals surface area contributed by atoms with Gasteiger partial charge < -0.3 is 19.9 Å². The van der Waals surface area contributed by atoms with Crippen LogP contribution in [0.5, 0.6) is 0 Å². The van der Waals surface area contributed by atoms with E-state index < -0.39 is 11.7 Å². The molecule has 2 aliphatic heterocycles. The summed E-state index contributed by atoms with van der Waals surface area (Å²) in [7, 11) is 3.86. The predicted molar refractivity (Wildman–Crippen MR) is 118 cm³/mol. The second kappa shape index (κ2) is 11.0. The maximum Gasteiger partial charge on any atom is 0.416 e. The van der Waals surface area contributed by atoms with Gasteiger partial charge in [-0.15, -0.1) is 0 Å². The first-order chi connectivity index (χ1) is 14.9. The molecule has 1 N–H and O–H groups in total. The molecule has 1 unspecified atom stereocenters. The molecule has 2 aliphatic rings. The van der Waals surface area contributed by atoms with Crippen molar-refractivity contribution in [3.8, 4) is 0 Å². The summed E-state index contributed by atoms with van der Waals surface area (Å²) >= 11 is 0. The number of hydrogen-bond acceptors (Lipinski definition) is 4. The van der Waals surface area contributed by atoms with Crippen molar-refractivity contribution in [1.29, 1.82) is 0 Å². The first-order valence-electron chi connectivity index (χ1n) is 11.0. The third kappa shape index (κ3) is 7.00. The summed E-state index contributed by atoms with van der Waals surface area (Å²) in [5, 5.41) is 3.43. The maximum absolute atomic E-state index is 13.0. The molecule has 1 aromatic rings. The monoisotopic (exact) mass is 441 g/mol. The van der Waals surface area contributed by atoms with Gasteiger partial charge in [-0.25, -0.2) is 0 Å². The molecule has 174 valence electrons. The Balaban J connectivity index is 1.36. The van der Waals surface area contributed by atoms with Crippen LogP contribution in [-0.2, 0) is 10.9 Å². The van der Waals surface area contributed by atoms with E-state index in [1.54, 1.807) is 13.1 Å². The van der Waals surface area contributed by atoms with Crippen molar-refractivity contribution in [3.05, 3.63) is 29.8 Å². The van der Waals surface area contributed by atoms with Crippen LogP contribution in [0.3, 0.4) is 0 Å². The van der Waals surface area contributed by atoms with Gasteiger partial charge in [-0.2, -0.15) is 13.2 Å². The number of guanidine groups is 1. The van der Waals surface area contributed by atoms with E-state index in [-0.39, 0.29) is 0 Å². The van der Waals surface area contributed by atoms with Crippen molar-refractivity contribution in [1.82, 2.24) is 15.1 Å². The van der Waals surface area contributed by atoms with E-state index in [0.717, 1.165) is 83.9 Å². The minimum absolute atomic E-state index is 0.566. The van der Waals surface area contributed by atoms with Crippen molar-refractivity contribution >= 4 is 11.6 Å². The van der Waals surface area contributed by atoms with E-state index in [9.17, 15) is 13.2 Å². The highest BCUT2D eigenvalue weighted by Gasteiger charge is 2.31. The molecular formula is C22H34F3N5O. The molecule has 0 aromatic heterocycles. The van der Waals surface area contributed by atoms with E-state index in [0.29, 0.717) is 11.6 Å². The van der Waals surface area contributed by atoms with Gasteiger partial charge in [-0.3, -0.25) is 9.89 Å². The van der Waals surface area contributed by atoms with Crippen LogP contribution >= 0.6 is 0 Å². The first-order valence-corrected chi connectivity index (χ1v) is 11.0. The summed E-state index contributed by atoms with van der Waals surface area (Å²) in [5.41, 5.74) is 0.0629. The summed E-state index contributed by atoms with van der Waals surface area (Å²) in [5.74, 6) is 1.47. The minimum Gasteiger partial charge on any atom is -0.381 e. The van der Waals surface area contributed by atoms with E-state index in [1.165, 1.54) is 12.1 Å². The molecule has 9 heteroatoms. The molecule has 0 saturated carbocycles. The molecule has 0 radical (unpaired) electrons. The van der Waals surface area contributed by atoms with Gasteiger partial charge in [0.25, 0.3) is 0 Å². The summed E-state index contributed by atoms with van der Waals surface area (Å²) in [6, 6.07) is 5.62. The van der Waals surface area contributed by atoms with Crippen molar-refractivity contribution in [3.63, 3.8) is 0 Å². The summed E-state index contributed by atoms with van der Waals surface area (Å²) < 4.78 is 44.3. The number of aliphatic imine (C=N–C) groups is 1. The Morgan fingerprint density at radius 2 is 2.03 bits per heavy atom. The number of alkyl halides is 3. The minimum atomic E-state index is -4.30. The number of nitrogens with zero attached hydrogens (tertiary/aromatic N) is 4. The lowest BCUT2D eigenvalue weighted by Crippen LogP contribution is -2.47. The average molecular weight is 442 g/mol. The lowest BCUT2D eigenvalue weighted by atomic mass is 10.1. The second-order valence-electron chi connectivity index (χ2n) is 8.31. The zero-order valence-corrected chi connectivity index (χ0v) is 18.5. The molecule has 0 amide bonds. The lowest BCUT2D eigenvalue weighted by Gasteiger charge is -2.36. The Labute approximate surface area is 183 Å². The standard InChI is InChI=1S/C22H34F3N5O/c1-26-21(28(2)16-18-7-14-31-17-18)27-8-4-9-29-10-12-30(13-11-29)20-6-3-5-19(15-20)22(23,24)25/h3,5-6,15,18H,4,7-14,16-17H2,1-2H3,(H,26,27). The molecule has 1 aromatic carbocycles. The molecule has 0 spiro atoms. The van der Waals surface area contributed by atoms with Gasteiger partial charge in [0.15, 0.2) is 5.96 Å². The van der Waals surface area contributed by atoms with Gasteiger partial charge >= 0.3 is 6.18 Å². The lowest BCUT2D eigenvalue weighted by molar-refractivity contribution is -0.137. The highest BCUT2D eigenvalue weighted by molar-refractivity contribution is 5.79. The number of ether oxygens (including phenoxy) is 1. The van der Waals surface area contributed by atoms with E-state index in [2.05, 4.69) is 27.2 Å². The normalized spacial score (nSPS) is 20.9. The SMILES string of the molecule is CN=C(NCCCN1CCN(c2cccc(C(F)(F)F)c2)CC1)N(C)CC1CCOC1. The fraction of sp³-hybridized carbons (Fsp3) is 0.682. The van der Waals surface area contributed by atoms with Crippen molar-refractivity contribution < 1.29 is 17.9 Å². The van der Waals surface area contributed by atoms with E-state index in [1.807, 2.05) is 4.90 Å². The number of benzene rings is 1. The quantitative estimate of drug-likeness (QED) is 0.401. The number of piperazine rings is 1. The number of hydrogen-bond donors (Lipinski definition) is 1.